The van der Waals surface area contributed by atoms with Crippen LogP contribution in [0.4, 0.5) is 0 Å². The Kier molecular flexibility index (Phi) is 5.43. The first-order chi connectivity index (χ1) is 10.7. The third kappa shape index (κ3) is 4.56. The van der Waals surface area contributed by atoms with E-state index in [1.54, 1.807) is 37.4 Å². The first-order valence-electron chi connectivity index (χ1n) is 6.90. The number of carbonyl (C=O) groups is 2. The number of benzene rings is 2. The van der Waals surface area contributed by atoms with E-state index >= 15 is 0 Å². The number of hydrogen-bond acceptors (Lipinski definition) is 3. The highest BCUT2D eigenvalue weighted by atomic mass is 16.2. The Bertz CT molecular complexity index is 654. The Balaban J connectivity index is 1.85. The lowest BCUT2D eigenvalue weighted by Gasteiger charge is -2.12. The number of nitrogens with one attached hydrogen (secondary N) is 2. The molecular weight excluding hydrogens is 278 g/mol. The van der Waals surface area contributed by atoms with Crippen molar-refractivity contribution in [3.8, 4) is 0 Å². The summed E-state index contributed by atoms with van der Waals surface area (Å²) in [4.78, 5) is 23.8. The Morgan fingerprint density at radius 2 is 1.59 bits per heavy atom. The van der Waals surface area contributed by atoms with Gasteiger partial charge in [0.05, 0.1) is 6.21 Å². The van der Waals surface area contributed by atoms with Crippen molar-refractivity contribution in [2.75, 3.05) is 0 Å². The van der Waals surface area contributed by atoms with Crippen LogP contribution in [-0.4, -0.2) is 24.1 Å². The van der Waals surface area contributed by atoms with Gasteiger partial charge in [-0.15, -0.1) is 0 Å². The van der Waals surface area contributed by atoms with Gasteiger partial charge in [0.1, 0.15) is 6.04 Å². The van der Waals surface area contributed by atoms with Gasteiger partial charge in [0.25, 0.3) is 11.8 Å². The van der Waals surface area contributed by atoms with Crippen LogP contribution >= 0.6 is 0 Å². The highest BCUT2D eigenvalue weighted by Crippen LogP contribution is 1.99. The Morgan fingerprint density at radius 1 is 1.00 bits per heavy atom. The molecule has 0 aliphatic rings. The highest BCUT2D eigenvalue weighted by molar-refractivity contribution is 5.97. The predicted octanol–water partition coefficient (Wildman–Crippen LogP) is 1.96. The van der Waals surface area contributed by atoms with Gasteiger partial charge in [0.15, 0.2) is 0 Å². The second-order valence-electron chi connectivity index (χ2n) is 4.71. The number of rotatable bonds is 5. The van der Waals surface area contributed by atoms with Crippen molar-refractivity contribution in [1.82, 2.24) is 10.7 Å². The van der Waals surface area contributed by atoms with Crippen molar-refractivity contribution in [3.63, 3.8) is 0 Å². The third-order valence-corrected chi connectivity index (χ3v) is 2.96. The fraction of sp³-hybridized carbons (Fsp3) is 0.118. The molecule has 1 atom stereocenters. The lowest BCUT2D eigenvalue weighted by molar-refractivity contribution is -0.122. The van der Waals surface area contributed by atoms with E-state index < -0.39 is 6.04 Å². The molecule has 22 heavy (non-hydrogen) atoms. The van der Waals surface area contributed by atoms with Crippen LogP contribution in [0.15, 0.2) is 65.8 Å². The van der Waals surface area contributed by atoms with E-state index in [1.165, 1.54) is 0 Å². The van der Waals surface area contributed by atoms with E-state index in [-0.39, 0.29) is 11.8 Å². The molecule has 0 heterocycles. The Hall–Kier alpha value is -2.95. The van der Waals surface area contributed by atoms with E-state index in [9.17, 15) is 9.59 Å². The largest absolute Gasteiger partial charge is 0.340 e. The van der Waals surface area contributed by atoms with Crippen molar-refractivity contribution in [1.29, 1.82) is 0 Å². The van der Waals surface area contributed by atoms with Gasteiger partial charge in [0.2, 0.25) is 0 Å². The molecule has 0 aliphatic heterocycles. The standard InChI is InChI=1S/C17H17N3O2/c1-13(19-17(22)15-10-6-3-7-11-15)16(21)20-18-12-14-8-4-2-5-9-14/h2-13H,1H3,(H,19,22)(H,20,21)/b18-12-/t13-/m1/s1. The molecular formula is C17H17N3O2. The third-order valence-electron chi connectivity index (χ3n) is 2.96. The fourth-order valence-electron chi connectivity index (χ4n) is 1.74. The second kappa shape index (κ2) is 7.73. The zero-order valence-electron chi connectivity index (χ0n) is 12.2. The van der Waals surface area contributed by atoms with Gasteiger partial charge in [-0.1, -0.05) is 48.5 Å². The van der Waals surface area contributed by atoms with E-state index in [1.807, 2.05) is 36.4 Å². The monoisotopic (exact) mass is 295 g/mol. The molecule has 2 N–H and O–H groups in total. The average molecular weight is 295 g/mol. The predicted molar refractivity (Wildman–Crippen MR) is 85.5 cm³/mol. The van der Waals surface area contributed by atoms with Crippen molar-refractivity contribution in [3.05, 3.63) is 71.8 Å². The van der Waals surface area contributed by atoms with Crippen molar-refractivity contribution >= 4 is 18.0 Å². The molecule has 2 amide bonds. The molecule has 0 spiro atoms. The molecule has 5 heteroatoms. The van der Waals surface area contributed by atoms with Gasteiger partial charge in [0, 0.05) is 5.56 Å². The molecule has 0 aromatic heterocycles. The molecule has 0 radical (unpaired) electrons. The summed E-state index contributed by atoms with van der Waals surface area (Å²) < 4.78 is 0. The molecule has 0 bridgehead atoms. The van der Waals surface area contributed by atoms with Gasteiger partial charge >= 0.3 is 0 Å². The topological polar surface area (TPSA) is 70.6 Å². The number of hydrazone groups is 1. The minimum atomic E-state index is -0.680. The Morgan fingerprint density at radius 3 is 2.23 bits per heavy atom. The molecule has 0 unspecified atom stereocenters. The van der Waals surface area contributed by atoms with Gasteiger partial charge in [-0.3, -0.25) is 9.59 Å². The van der Waals surface area contributed by atoms with Gasteiger partial charge in [-0.25, -0.2) is 5.43 Å². The lowest BCUT2D eigenvalue weighted by atomic mass is 10.2. The van der Waals surface area contributed by atoms with Crippen molar-refractivity contribution < 1.29 is 9.59 Å². The maximum absolute atomic E-state index is 11.9. The summed E-state index contributed by atoms with van der Waals surface area (Å²) in [6.45, 7) is 1.61. The molecule has 112 valence electrons. The second-order valence-corrected chi connectivity index (χ2v) is 4.71. The minimum Gasteiger partial charge on any atom is -0.340 e. The van der Waals surface area contributed by atoms with E-state index in [0.29, 0.717) is 5.56 Å². The first-order valence-corrected chi connectivity index (χ1v) is 6.90. The van der Waals surface area contributed by atoms with Crippen LogP contribution in [0.25, 0.3) is 0 Å². The maximum Gasteiger partial charge on any atom is 0.262 e. The van der Waals surface area contributed by atoms with Crippen LogP contribution < -0.4 is 10.7 Å². The van der Waals surface area contributed by atoms with Crippen LogP contribution in [0.2, 0.25) is 0 Å². The summed E-state index contributed by atoms with van der Waals surface area (Å²) in [5.74, 6) is -0.674. The van der Waals surface area contributed by atoms with Crippen molar-refractivity contribution in [2.24, 2.45) is 5.10 Å². The van der Waals surface area contributed by atoms with Crippen LogP contribution in [-0.2, 0) is 4.79 Å². The average Bonchev–Trinajstić information content (AvgIpc) is 2.56. The number of amides is 2. The summed E-state index contributed by atoms with van der Waals surface area (Å²) in [7, 11) is 0. The molecule has 2 aromatic carbocycles. The molecule has 0 fully saturated rings. The highest BCUT2D eigenvalue weighted by Gasteiger charge is 2.15. The molecule has 0 saturated carbocycles. The smallest absolute Gasteiger partial charge is 0.262 e. The van der Waals surface area contributed by atoms with E-state index in [4.69, 9.17) is 0 Å². The summed E-state index contributed by atoms with van der Waals surface area (Å²) in [6, 6.07) is 17.5. The molecule has 2 aromatic rings. The van der Waals surface area contributed by atoms with Crippen LogP contribution in [0, 0.1) is 0 Å². The number of hydrogen-bond donors (Lipinski definition) is 2. The lowest BCUT2D eigenvalue weighted by Crippen LogP contribution is -2.43. The van der Waals surface area contributed by atoms with Crippen LogP contribution in [0.3, 0.4) is 0 Å². The summed E-state index contributed by atoms with van der Waals surface area (Å²) in [5, 5.41) is 6.49. The zero-order chi connectivity index (χ0) is 15.8. The Labute approximate surface area is 129 Å². The first kappa shape index (κ1) is 15.4. The van der Waals surface area contributed by atoms with Crippen LogP contribution in [0.1, 0.15) is 22.8 Å². The summed E-state index contributed by atoms with van der Waals surface area (Å²) >= 11 is 0. The zero-order valence-corrected chi connectivity index (χ0v) is 12.2. The molecule has 2 rings (SSSR count). The van der Waals surface area contributed by atoms with Gasteiger partial charge < -0.3 is 5.32 Å². The van der Waals surface area contributed by atoms with Crippen molar-refractivity contribution in [2.45, 2.75) is 13.0 Å². The maximum atomic E-state index is 11.9. The normalized spacial score (nSPS) is 11.9. The van der Waals surface area contributed by atoms with E-state index in [2.05, 4.69) is 15.8 Å². The number of carbonyl (C=O) groups excluding carboxylic acids is 2. The van der Waals surface area contributed by atoms with E-state index in [0.717, 1.165) is 5.56 Å². The summed E-state index contributed by atoms with van der Waals surface area (Å²) in [6.07, 6.45) is 1.55. The quantitative estimate of drug-likeness (QED) is 0.654. The molecule has 0 aliphatic carbocycles. The minimum absolute atomic E-state index is 0.296. The molecule has 0 saturated heterocycles. The van der Waals surface area contributed by atoms with Crippen LogP contribution in [0.5, 0.6) is 0 Å². The van der Waals surface area contributed by atoms with Gasteiger partial charge in [-0.05, 0) is 24.6 Å². The fourth-order valence-corrected chi connectivity index (χ4v) is 1.74. The van der Waals surface area contributed by atoms with Gasteiger partial charge in [-0.2, -0.15) is 5.10 Å². The summed E-state index contributed by atoms with van der Waals surface area (Å²) in [5.41, 5.74) is 3.79. The SMILES string of the molecule is C[C@@H](NC(=O)c1ccccc1)C(=O)N/N=C\c1ccccc1. The molecule has 5 nitrogen and oxygen atoms in total. The number of nitrogens with zero attached hydrogens (tertiary/aromatic N) is 1.